The molecule has 0 aromatic heterocycles. The van der Waals surface area contributed by atoms with Gasteiger partial charge >= 0.3 is 0 Å². The fourth-order valence-corrected chi connectivity index (χ4v) is 5.32. The number of hydrogen-bond donors (Lipinski definition) is 0. The van der Waals surface area contributed by atoms with Crippen molar-refractivity contribution in [3.8, 4) is 0 Å². The predicted molar refractivity (Wildman–Crippen MR) is 152 cm³/mol. The summed E-state index contributed by atoms with van der Waals surface area (Å²) in [5, 5.41) is 0. The first kappa shape index (κ1) is 26.7. The molecule has 0 aliphatic rings. The second-order valence-corrected chi connectivity index (χ2v) is 9.34. The van der Waals surface area contributed by atoms with Gasteiger partial charge in [0.15, 0.2) is 0 Å². The van der Waals surface area contributed by atoms with Gasteiger partial charge in [-0.3, -0.25) is 4.89 Å². The monoisotopic (exact) mass is 595 g/mol. The van der Waals surface area contributed by atoms with Gasteiger partial charge in [0.1, 0.15) is 5.60 Å². The zero-order chi connectivity index (χ0) is 25.7. The average Bonchev–Trinajstić information content (AvgIpc) is 3.74. The van der Waals surface area contributed by atoms with Crippen LogP contribution in [-0.4, -0.2) is 0 Å². The molecule has 0 saturated carbocycles. The van der Waals surface area contributed by atoms with Gasteiger partial charge in [0.2, 0.25) is 0 Å². The van der Waals surface area contributed by atoms with E-state index in [-0.39, 0.29) is 19.5 Å². The fourth-order valence-electron chi connectivity index (χ4n) is 5.32. The van der Waals surface area contributed by atoms with Crippen LogP contribution in [0.3, 0.4) is 0 Å². The van der Waals surface area contributed by atoms with Crippen molar-refractivity contribution in [1.82, 2.24) is 0 Å². The third-order valence-corrected chi connectivity index (χ3v) is 7.15. The minimum absolute atomic E-state index is 0. The fraction of sp³-hybridized carbons (Fsp3) is 0.0556. The number of hydrogen-bond acceptors (Lipinski definition) is 2. The van der Waals surface area contributed by atoms with Crippen LogP contribution in [0.4, 0.5) is 0 Å². The second kappa shape index (κ2) is 11.9. The van der Waals surface area contributed by atoms with Crippen LogP contribution in [0.2, 0.25) is 0 Å². The smallest absolute Gasteiger partial charge is 0.135 e. The Hall–Kier alpha value is -3.88. The molecule has 0 N–H and O–H groups in total. The Labute approximate surface area is 242 Å². The third-order valence-electron chi connectivity index (χ3n) is 7.15. The van der Waals surface area contributed by atoms with Gasteiger partial charge in [-0.2, -0.15) is 12.1 Å². The zero-order valence-corrected chi connectivity index (χ0v) is 23.0. The third kappa shape index (κ3) is 4.86. The summed E-state index contributed by atoms with van der Waals surface area (Å²) in [5.74, 6) is 0. The minimum Gasteiger partial charge on any atom is -0.747 e. The van der Waals surface area contributed by atoms with E-state index in [0.29, 0.717) is 0 Å². The van der Waals surface area contributed by atoms with Crippen LogP contribution >= 0.6 is 0 Å². The molecular weight excluding hydrogens is 567 g/mol. The standard InChI is InChI=1S/C36H28O2.Rh/c1-5-17-29(18-6-1)35(33-25-13-14-26-33,30-19-7-2-8-20-30)37-38-36(34-27-15-16-28-34,31-21-9-3-10-22-31)32-23-11-4-12-24-32;/h1-28H;/q-6;. The van der Waals surface area contributed by atoms with E-state index >= 15 is 0 Å². The van der Waals surface area contributed by atoms with Crippen LogP contribution in [0.25, 0.3) is 0 Å². The van der Waals surface area contributed by atoms with Crippen LogP contribution in [0.5, 0.6) is 0 Å². The molecule has 6 rings (SSSR count). The van der Waals surface area contributed by atoms with Gasteiger partial charge in [-0.15, -0.1) is 5.56 Å². The molecule has 0 spiro atoms. The maximum Gasteiger partial charge on any atom is 0.135 e. The molecule has 0 unspecified atom stereocenters. The molecule has 0 aliphatic heterocycles. The topological polar surface area (TPSA) is 18.5 Å². The molecule has 39 heavy (non-hydrogen) atoms. The van der Waals surface area contributed by atoms with E-state index in [1.54, 1.807) is 0 Å². The van der Waals surface area contributed by atoms with E-state index < -0.39 is 11.2 Å². The summed E-state index contributed by atoms with van der Waals surface area (Å²) < 4.78 is 0. The molecule has 1 radical (unpaired) electrons. The van der Waals surface area contributed by atoms with Crippen molar-refractivity contribution in [3.63, 3.8) is 0 Å². The van der Waals surface area contributed by atoms with Crippen molar-refractivity contribution in [3.05, 3.63) is 203 Å². The van der Waals surface area contributed by atoms with Gasteiger partial charge in [0.25, 0.3) is 0 Å². The van der Waals surface area contributed by atoms with Crippen molar-refractivity contribution < 1.29 is 29.3 Å². The molecule has 0 saturated heterocycles. The quantitative estimate of drug-likeness (QED) is 0.0724. The zero-order valence-electron chi connectivity index (χ0n) is 21.3. The minimum atomic E-state index is -1.01. The Balaban J connectivity index is 0.00000308. The molecule has 199 valence electrons. The SMILES string of the molecule is [Rh].c1ccc(C(OOC(c2ccccc2)(c2ccccc2)[c-]2[cH-][cH-][cH-][cH-]2)(c2ccccc2)[c-]2cccc2)cc1. The Morgan fingerprint density at radius 3 is 1.15 bits per heavy atom. The maximum atomic E-state index is 6.94. The molecule has 0 atom stereocenters. The Morgan fingerprint density at radius 1 is 0.436 bits per heavy atom. The molecule has 0 aliphatic carbocycles. The first-order valence-electron chi connectivity index (χ1n) is 12.9. The summed E-state index contributed by atoms with van der Waals surface area (Å²) in [6, 6.07) is 57.7. The van der Waals surface area contributed by atoms with Gasteiger partial charge in [-0.05, 0) is 27.9 Å². The van der Waals surface area contributed by atoms with Crippen LogP contribution in [0, 0.1) is 0 Å². The Morgan fingerprint density at radius 2 is 0.769 bits per heavy atom. The van der Waals surface area contributed by atoms with E-state index in [9.17, 15) is 0 Å². The van der Waals surface area contributed by atoms with E-state index in [0.717, 1.165) is 33.4 Å². The predicted octanol–water partition coefficient (Wildman–Crippen LogP) is 8.35. The molecule has 0 fully saturated rings. The maximum absolute atomic E-state index is 6.94. The van der Waals surface area contributed by atoms with Crippen LogP contribution < -0.4 is 0 Å². The van der Waals surface area contributed by atoms with Gasteiger partial charge in [0, 0.05) is 19.5 Å². The van der Waals surface area contributed by atoms with Crippen molar-refractivity contribution in [2.75, 3.05) is 0 Å². The second-order valence-electron chi connectivity index (χ2n) is 9.34. The average molecular weight is 596 g/mol. The first-order chi connectivity index (χ1) is 18.8. The summed E-state index contributed by atoms with van der Waals surface area (Å²) in [4.78, 5) is 13.9. The number of benzene rings is 4. The first-order valence-corrected chi connectivity index (χ1v) is 12.9. The van der Waals surface area contributed by atoms with Crippen molar-refractivity contribution in [1.29, 1.82) is 0 Å². The summed E-state index contributed by atoms with van der Waals surface area (Å²) in [5.41, 5.74) is 3.90. The molecule has 0 amide bonds. The van der Waals surface area contributed by atoms with E-state index in [4.69, 9.17) is 9.78 Å². The van der Waals surface area contributed by atoms with Crippen LogP contribution in [-0.2, 0) is 40.5 Å². The van der Waals surface area contributed by atoms with Crippen molar-refractivity contribution in [2.45, 2.75) is 11.2 Å². The Kier molecular flexibility index (Phi) is 8.14. The summed E-state index contributed by atoms with van der Waals surface area (Å²) in [7, 11) is 0. The van der Waals surface area contributed by atoms with Crippen LogP contribution in [0.15, 0.2) is 170 Å². The van der Waals surface area contributed by atoms with Gasteiger partial charge in [-0.25, -0.2) is 17.0 Å². The van der Waals surface area contributed by atoms with Gasteiger partial charge < -0.3 is 29.8 Å². The molecule has 2 nitrogen and oxygen atoms in total. The molecule has 6 aromatic rings. The number of rotatable bonds is 9. The molecular formula is C36H28O2Rh-6. The van der Waals surface area contributed by atoms with Gasteiger partial charge in [0.05, 0.1) is 0 Å². The van der Waals surface area contributed by atoms with E-state index in [1.807, 2.05) is 97.1 Å². The molecule has 0 bridgehead atoms. The summed E-state index contributed by atoms with van der Waals surface area (Å²) in [6.07, 6.45) is 0. The molecule has 6 aromatic carbocycles. The largest absolute Gasteiger partial charge is 0.747 e. The summed E-state index contributed by atoms with van der Waals surface area (Å²) in [6.45, 7) is 0. The summed E-state index contributed by atoms with van der Waals surface area (Å²) >= 11 is 0. The van der Waals surface area contributed by atoms with E-state index in [2.05, 4.69) is 72.8 Å². The van der Waals surface area contributed by atoms with E-state index in [1.165, 1.54) is 0 Å². The van der Waals surface area contributed by atoms with Crippen LogP contribution in [0.1, 0.15) is 33.4 Å². The normalized spacial score (nSPS) is 11.6. The van der Waals surface area contributed by atoms with Crippen molar-refractivity contribution in [2.24, 2.45) is 0 Å². The van der Waals surface area contributed by atoms with Gasteiger partial charge in [-0.1, -0.05) is 121 Å². The molecule has 0 heterocycles. The Bertz CT molecular complexity index is 1330. The van der Waals surface area contributed by atoms with Crippen molar-refractivity contribution >= 4 is 0 Å². The molecule has 3 heteroatoms.